The highest BCUT2D eigenvalue weighted by atomic mass is 127. The topological polar surface area (TPSA) is 81.1 Å². The molecule has 0 bridgehead atoms. The molecule has 0 aliphatic rings. The highest BCUT2D eigenvalue weighted by Crippen LogP contribution is 2.04. The van der Waals surface area contributed by atoms with Crippen molar-refractivity contribution in [3.8, 4) is 0 Å². The molecule has 1 aromatic carbocycles. The zero-order chi connectivity index (χ0) is 12.1. The van der Waals surface area contributed by atoms with Gasteiger partial charge in [-0.25, -0.2) is 9.98 Å². The van der Waals surface area contributed by atoms with Crippen molar-refractivity contribution in [2.24, 2.45) is 17.8 Å². The summed E-state index contributed by atoms with van der Waals surface area (Å²) in [6.45, 7) is 0.368. The molecule has 1 heterocycles. The third-order valence-electron chi connectivity index (χ3n) is 2.08. The molecule has 18 heavy (non-hydrogen) atoms. The van der Waals surface area contributed by atoms with Gasteiger partial charge in [0.15, 0.2) is 11.8 Å². The monoisotopic (exact) mass is 358 g/mol. The number of benzene rings is 1. The van der Waals surface area contributed by atoms with Crippen LogP contribution in [0.1, 0.15) is 5.82 Å². The molecule has 1 aromatic heterocycles. The molecule has 0 saturated heterocycles. The number of guanidine groups is 1. The van der Waals surface area contributed by atoms with E-state index in [0.717, 1.165) is 5.69 Å². The molecule has 0 radical (unpaired) electrons. The number of nitrogens with zero attached hydrogens (tertiary/aromatic N) is 4. The zero-order valence-corrected chi connectivity index (χ0v) is 12.3. The van der Waals surface area contributed by atoms with Crippen molar-refractivity contribution in [2.75, 3.05) is 5.32 Å². The van der Waals surface area contributed by atoms with Gasteiger partial charge in [-0.05, 0) is 12.1 Å². The third kappa shape index (κ3) is 4.32. The average molecular weight is 358 g/mol. The minimum Gasteiger partial charge on any atom is -0.370 e. The van der Waals surface area contributed by atoms with Crippen LogP contribution in [0.15, 0.2) is 41.7 Å². The van der Waals surface area contributed by atoms with Crippen molar-refractivity contribution >= 4 is 35.6 Å². The number of hydrogen-bond acceptors (Lipinski definition) is 3. The van der Waals surface area contributed by atoms with E-state index < -0.39 is 0 Å². The van der Waals surface area contributed by atoms with Gasteiger partial charge < -0.3 is 11.1 Å². The second-order valence-electron chi connectivity index (χ2n) is 3.53. The minimum atomic E-state index is 0. The van der Waals surface area contributed by atoms with E-state index in [1.807, 2.05) is 37.4 Å². The molecule has 0 atom stereocenters. The lowest BCUT2D eigenvalue weighted by Gasteiger charge is -2.03. The average Bonchev–Trinajstić information content (AvgIpc) is 2.74. The van der Waals surface area contributed by atoms with Crippen LogP contribution in [0.4, 0.5) is 5.69 Å². The second-order valence-corrected chi connectivity index (χ2v) is 3.53. The normalized spacial score (nSPS) is 10.8. The van der Waals surface area contributed by atoms with E-state index >= 15 is 0 Å². The first-order valence-electron chi connectivity index (χ1n) is 5.20. The molecule has 3 N–H and O–H groups in total. The minimum absolute atomic E-state index is 0. The first-order chi connectivity index (χ1) is 8.24. The van der Waals surface area contributed by atoms with Crippen LogP contribution in [-0.2, 0) is 13.6 Å². The highest BCUT2D eigenvalue weighted by molar-refractivity contribution is 14.0. The number of nitrogens with one attached hydrogen (secondary N) is 1. The van der Waals surface area contributed by atoms with Gasteiger partial charge in [0, 0.05) is 12.7 Å². The van der Waals surface area contributed by atoms with Gasteiger partial charge in [-0.1, -0.05) is 18.2 Å². The second kappa shape index (κ2) is 6.94. The molecule has 2 aromatic rings. The summed E-state index contributed by atoms with van der Waals surface area (Å²) in [5, 5.41) is 7.09. The van der Waals surface area contributed by atoms with Gasteiger partial charge in [-0.2, -0.15) is 5.10 Å². The number of aryl methyl sites for hydroxylation is 1. The number of anilines is 1. The van der Waals surface area contributed by atoms with Crippen LogP contribution < -0.4 is 11.1 Å². The standard InChI is InChI=1S/C11H14N6.HI/c1-17-8-14-10(16-17)7-13-11(12)15-9-5-3-2-4-6-9;/h2-6,8H,7H2,1H3,(H3,12,13,15);1H. The van der Waals surface area contributed by atoms with Crippen LogP contribution in [0.2, 0.25) is 0 Å². The van der Waals surface area contributed by atoms with Gasteiger partial charge in [0.25, 0.3) is 0 Å². The lowest BCUT2D eigenvalue weighted by molar-refractivity contribution is 0.742. The Balaban J connectivity index is 0.00000162. The summed E-state index contributed by atoms with van der Waals surface area (Å²) in [4.78, 5) is 8.20. The Morgan fingerprint density at radius 2 is 2.11 bits per heavy atom. The third-order valence-corrected chi connectivity index (χ3v) is 2.08. The molecule has 6 nitrogen and oxygen atoms in total. The van der Waals surface area contributed by atoms with Gasteiger partial charge in [0.05, 0.1) is 0 Å². The fourth-order valence-corrected chi connectivity index (χ4v) is 1.32. The summed E-state index contributed by atoms with van der Waals surface area (Å²) >= 11 is 0. The van der Waals surface area contributed by atoms with Crippen molar-refractivity contribution in [1.29, 1.82) is 0 Å². The molecule has 0 amide bonds. The first-order valence-corrected chi connectivity index (χ1v) is 5.20. The van der Waals surface area contributed by atoms with E-state index in [1.54, 1.807) is 11.0 Å². The molecular formula is C11H15IN6. The number of para-hydroxylation sites is 1. The Labute approximate surface area is 122 Å². The van der Waals surface area contributed by atoms with Crippen LogP contribution in [0.5, 0.6) is 0 Å². The number of aromatic nitrogens is 3. The molecule has 0 aliphatic carbocycles. The van der Waals surface area contributed by atoms with Gasteiger partial charge in [-0.3, -0.25) is 4.68 Å². The van der Waals surface area contributed by atoms with Crippen molar-refractivity contribution in [3.63, 3.8) is 0 Å². The molecule has 7 heteroatoms. The van der Waals surface area contributed by atoms with Crippen LogP contribution >= 0.6 is 24.0 Å². The van der Waals surface area contributed by atoms with Gasteiger partial charge >= 0.3 is 0 Å². The quantitative estimate of drug-likeness (QED) is 0.493. The zero-order valence-electron chi connectivity index (χ0n) is 9.95. The molecule has 0 aliphatic heterocycles. The Hall–Kier alpha value is -1.64. The lowest BCUT2D eigenvalue weighted by Crippen LogP contribution is -2.22. The van der Waals surface area contributed by atoms with E-state index in [9.17, 15) is 0 Å². The predicted molar refractivity (Wildman–Crippen MR) is 81.8 cm³/mol. The summed E-state index contributed by atoms with van der Waals surface area (Å²) < 4.78 is 1.63. The fourth-order valence-electron chi connectivity index (χ4n) is 1.32. The number of rotatable bonds is 3. The summed E-state index contributed by atoms with van der Waals surface area (Å²) in [6, 6.07) is 9.63. The number of halogens is 1. The number of hydrogen-bond donors (Lipinski definition) is 2. The van der Waals surface area contributed by atoms with E-state index in [-0.39, 0.29) is 24.0 Å². The van der Waals surface area contributed by atoms with Crippen LogP contribution in [-0.4, -0.2) is 20.7 Å². The predicted octanol–water partition coefficient (Wildman–Crippen LogP) is 1.36. The van der Waals surface area contributed by atoms with Crippen molar-refractivity contribution in [3.05, 3.63) is 42.5 Å². The van der Waals surface area contributed by atoms with Gasteiger partial charge in [-0.15, -0.1) is 24.0 Å². The van der Waals surface area contributed by atoms with E-state index in [0.29, 0.717) is 18.3 Å². The summed E-state index contributed by atoms with van der Waals surface area (Å²) in [6.07, 6.45) is 1.63. The highest BCUT2D eigenvalue weighted by Gasteiger charge is 1.98. The van der Waals surface area contributed by atoms with E-state index in [2.05, 4.69) is 20.4 Å². The molecule has 0 saturated carbocycles. The first kappa shape index (κ1) is 14.4. The van der Waals surface area contributed by atoms with Crippen LogP contribution in [0.25, 0.3) is 0 Å². The molecular weight excluding hydrogens is 343 g/mol. The van der Waals surface area contributed by atoms with Crippen LogP contribution in [0.3, 0.4) is 0 Å². The van der Waals surface area contributed by atoms with Gasteiger partial charge in [0.2, 0.25) is 0 Å². The molecule has 0 fully saturated rings. The summed E-state index contributed by atoms with van der Waals surface area (Å²) in [5.41, 5.74) is 6.64. The number of aliphatic imine (C=N–C) groups is 1. The lowest BCUT2D eigenvalue weighted by atomic mass is 10.3. The van der Waals surface area contributed by atoms with E-state index in [4.69, 9.17) is 5.73 Å². The fraction of sp³-hybridized carbons (Fsp3) is 0.182. The molecule has 0 unspecified atom stereocenters. The summed E-state index contributed by atoms with van der Waals surface area (Å²) in [5.74, 6) is 0.994. The maximum Gasteiger partial charge on any atom is 0.193 e. The largest absolute Gasteiger partial charge is 0.370 e. The maximum atomic E-state index is 5.74. The Kier molecular flexibility index (Phi) is 5.56. The molecule has 96 valence electrons. The van der Waals surface area contributed by atoms with Crippen molar-refractivity contribution in [1.82, 2.24) is 14.8 Å². The molecule has 0 spiro atoms. The van der Waals surface area contributed by atoms with Crippen LogP contribution in [0, 0.1) is 0 Å². The SMILES string of the molecule is Cn1cnc(CN=C(N)Nc2ccccc2)n1.I. The Morgan fingerprint density at radius 1 is 1.39 bits per heavy atom. The smallest absolute Gasteiger partial charge is 0.193 e. The summed E-state index contributed by atoms with van der Waals surface area (Å²) in [7, 11) is 1.81. The molecule has 2 rings (SSSR count). The maximum absolute atomic E-state index is 5.74. The number of nitrogens with two attached hydrogens (primary N) is 1. The Morgan fingerprint density at radius 3 is 2.72 bits per heavy atom. The van der Waals surface area contributed by atoms with Crippen molar-refractivity contribution < 1.29 is 0 Å². The van der Waals surface area contributed by atoms with Crippen molar-refractivity contribution in [2.45, 2.75) is 6.54 Å². The van der Waals surface area contributed by atoms with Gasteiger partial charge in [0.1, 0.15) is 12.9 Å². The Bertz CT molecular complexity index is 507. The van der Waals surface area contributed by atoms with E-state index in [1.165, 1.54) is 0 Å².